The molecule has 0 aliphatic heterocycles. The van der Waals surface area contributed by atoms with E-state index in [-0.39, 0.29) is 31.2 Å². The number of pyridine rings is 2. The summed E-state index contributed by atoms with van der Waals surface area (Å²) in [6.07, 6.45) is 1.45. The Labute approximate surface area is 311 Å². The third-order valence-electron chi connectivity index (χ3n) is 7.82. The number of hydrogen-bond donors (Lipinski definition) is 0. The van der Waals surface area contributed by atoms with Crippen molar-refractivity contribution in [1.29, 1.82) is 0 Å². The van der Waals surface area contributed by atoms with Crippen LogP contribution < -0.4 is 5.19 Å². The Morgan fingerprint density at radius 1 is 0.771 bits per heavy atom. The van der Waals surface area contributed by atoms with Crippen LogP contribution in [0.15, 0.2) is 116 Å². The Morgan fingerprint density at radius 3 is 2.21 bits per heavy atom. The molecule has 0 fully saturated rings. The van der Waals surface area contributed by atoms with Crippen molar-refractivity contribution in [3.05, 3.63) is 139 Å². The zero-order valence-electron chi connectivity index (χ0n) is 33.1. The molecule has 0 bridgehead atoms. The first-order valence-corrected chi connectivity index (χ1v) is 20.1. The number of aromatic nitrogens is 2. The summed E-state index contributed by atoms with van der Waals surface area (Å²) in [5.41, 5.74) is 4.91. The van der Waals surface area contributed by atoms with Crippen molar-refractivity contribution >= 4 is 44.8 Å². The van der Waals surface area contributed by atoms with E-state index in [0.717, 1.165) is 48.1 Å². The maximum absolute atomic E-state index is 8.84. The fourth-order valence-corrected chi connectivity index (χ4v) is 7.67. The van der Waals surface area contributed by atoms with Gasteiger partial charge in [0.25, 0.3) is 0 Å². The molecule has 5 heteroatoms. The minimum atomic E-state index is -2.47. The van der Waals surface area contributed by atoms with E-state index in [1.165, 1.54) is 11.4 Å². The summed E-state index contributed by atoms with van der Waals surface area (Å²) < 4.78 is 43.8. The monoisotopic (exact) mass is 844 g/mol. The molecule has 2 nitrogen and oxygen atoms in total. The summed E-state index contributed by atoms with van der Waals surface area (Å²) in [4.78, 5) is 9.02. The Balaban J connectivity index is 0.000000267. The summed E-state index contributed by atoms with van der Waals surface area (Å²) in [6, 6.07) is 40.9. The quantitative estimate of drug-likeness (QED) is 0.127. The third kappa shape index (κ3) is 8.27. The van der Waals surface area contributed by atoms with Crippen LogP contribution in [0.4, 0.5) is 0 Å². The van der Waals surface area contributed by atoms with Gasteiger partial charge in [-0.25, -0.2) is 0 Å². The minimum Gasteiger partial charge on any atom is -0.305 e. The molecule has 0 spiro atoms. The summed E-state index contributed by atoms with van der Waals surface area (Å²) >= 11 is 1.64. The van der Waals surface area contributed by atoms with Crippen molar-refractivity contribution in [3.63, 3.8) is 0 Å². The van der Waals surface area contributed by atoms with Gasteiger partial charge in [-0.3, -0.25) is 0 Å². The number of fused-ring (bicyclic) bond motifs is 3. The van der Waals surface area contributed by atoms with Crippen molar-refractivity contribution in [2.45, 2.75) is 53.6 Å². The molecular formula is C43H42IrN2SSi-2. The molecule has 0 unspecified atom stereocenters. The van der Waals surface area contributed by atoms with Gasteiger partial charge in [-0.1, -0.05) is 112 Å². The molecule has 0 aliphatic rings. The van der Waals surface area contributed by atoms with Crippen LogP contribution in [-0.2, 0) is 26.5 Å². The fraction of sp³-hybridized carbons (Fsp3) is 0.209. The van der Waals surface area contributed by atoms with Gasteiger partial charge in [0.2, 0.25) is 0 Å². The fourth-order valence-electron chi connectivity index (χ4n) is 5.39. The average molecular weight is 844 g/mol. The Bertz CT molecular complexity index is 2330. The second kappa shape index (κ2) is 14.8. The van der Waals surface area contributed by atoms with E-state index in [2.05, 4.69) is 84.2 Å². The van der Waals surface area contributed by atoms with E-state index >= 15 is 0 Å². The van der Waals surface area contributed by atoms with E-state index in [1.54, 1.807) is 38.2 Å². The first kappa shape index (κ1) is 29.2. The predicted molar refractivity (Wildman–Crippen MR) is 206 cm³/mol. The predicted octanol–water partition coefficient (Wildman–Crippen LogP) is 11.6. The van der Waals surface area contributed by atoms with Crippen LogP contribution in [0, 0.1) is 24.4 Å². The van der Waals surface area contributed by atoms with E-state index < -0.39 is 26.7 Å². The molecule has 48 heavy (non-hydrogen) atoms. The molecule has 0 N–H and O–H groups in total. The smallest absolute Gasteiger partial charge is 0.0795 e. The van der Waals surface area contributed by atoms with Crippen LogP contribution in [0.1, 0.15) is 38.8 Å². The Morgan fingerprint density at radius 2 is 1.54 bits per heavy atom. The molecule has 0 amide bonds. The van der Waals surface area contributed by atoms with Crippen molar-refractivity contribution in [2.24, 2.45) is 5.41 Å². The van der Waals surface area contributed by atoms with Crippen molar-refractivity contribution in [3.8, 4) is 33.6 Å². The van der Waals surface area contributed by atoms with Crippen molar-refractivity contribution in [2.75, 3.05) is 0 Å². The zero-order valence-corrected chi connectivity index (χ0v) is 32.3. The third-order valence-corrected chi connectivity index (χ3v) is 11.0. The first-order valence-electron chi connectivity index (χ1n) is 18.3. The summed E-state index contributed by atoms with van der Waals surface area (Å²) in [5.74, 6) is 0. The zero-order chi connectivity index (χ0) is 37.5. The first-order chi connectivity index (χ1) is 24.4. The maximum atomic E-state index is 8.84. The second-order valence-electron chi connectivity index (χ2n) is 13.7. The number of aryl methyl sites for hydroxylation is 1. The molecule has 3 aromatic heterocycles. The van der Waals surface area contributed by atoms with Crippen LogP contribution in [0.3, 0.4) is 0 Å². The second-order valence-corrected chi connectivity index (χ2v) is 19.9. The van der Waals surface area contributed by atoms with Crippen LogP contribution in [0.2, 0.25) is 19.6 Å². The molecule has 4 aromatic carbocycles. The van der Waals surface area contributed by atoms with Gasteiger partial charge in [-0.2, -0.15) is 11.3 Å². The molecule has 245 valence electrons. The summed E-state index contributed by atoms with van der Waals surface area (Å²) in [5, 5.41) is 3.60. The number of nitrogens with zero attached hydrogens (tertiary/aromatic N) is 2. The largest absolute Gasteiger partial charge is 0.305 e. The number of benzene rings is 4. The van der Waals surface area contributed by atoms with Gasteiger partial charge in [-0.15, -0.1) is 59.7 Å². The molecule has 7 rings (SSSR count). The molecule has 1 radical (unpaired) electrons. The van der Waals surface area contributed by atoms with Crippen LogP contribution in [0.5, 0.6) is 0 Å². The summed E-state index contributed by atoms with van der Waals surface area (Å²) in [6.45, 7) is 9.86. The van der Waals surface area contributed by atoms with E-state index in [4.69, 9.17) is 6.85 Å². The topological polar surface area (TPSA) is 25.8 Å². The van der Waals surface area contributed by atoms with Crippen LogP contribution in [-0.4, -0.2) is 18.0 Å². The van der Waals surface area contributed by atoms with Gasteiger partial charge < -0.3 is 9.97 Å². The SMILES string of the molecule is C[Si](C)(C)c1ccc(-c2[c-]cccc2)nc1.[2H]C([2H])([2H])c1cnc(-c2[c-]ccc3c2sc2cc(-c4ccccc4)ccc23)cc1C([2H])([2H])C(C)(C)C.[Ir]. The van der Waals surface area contributed by atoms with E-state index in [0.29, 0.717) is 5.69 Å². The van der Waals surface area contributed by atoms with Gasteiger partial charge in [0.15, 0.2) is 0 Å². The molecule has 7 aromatic rings. The minimum absolute atomic E-state index is 0. The Hall–Kier alpha value is -3.73. The number of rotatable bonds is 5. The van der Waals surface area contributed by atoms with Gasteiger partial charge in [0.1, 0.15) is 0 Å². The van der Waals surface area contributed by atoms with Gasteiger partial charge >= 0.3 is 0 Å². The molecule has 0 atom stereocenters. The molecular weight excluding hydrogens is 797 g/mol. The normalized spacial score (nSPS) is 13.7. The molecule has 0 saturated heterocycles. The molecule has 0 aliphatic carbocycles. The van der Waals surface area contributed by atoms with E-state index in [1.807, 2.05) is 60.8 Å². The van der Waals surface area contributed by atoms with E-state index in [9.17, 15) is 0 Å². The summed E-state index contributed by atoms with van der Waals surface area (Å²) in [7, 11) is -1.23. The van der Waals surface area contributed by atoms with Crippen molar-refractivity contribution in [1.82, 2.24) is 9.97 Å². The maximum Gasteiger partial charge on any atom is 0.0795 e. The van der Waals surface area contributed by atoms with Crippen LogP contribution in [0.25, 0.3) is 53.8 Å². The van der Waals surface area contributed by atoms with Crippen molar-refractivity contribution < 1.29 is 27.0 Å². The number of hydrogen-bond acceptors (Lipinski definition) is 3. The molecule has 3 heterocycles. The van der Waals surface area contributed by atoms with Gasteiger partial charge in [0, 0.05) is 44.1 Å². The van der Waals surface area contributed by atoms with Crippen LogP contribution >= 0.6 is 11.3 Å². The van der Waals surface area contributed by atoms with Gasteiger partial charge in [0.05, 0.1) is 8.07 Å². The number of thiophene rings is 1. The van der Waals surface area contributed by atoms with Gasteiger partial charge in [-0.05, 0) is 68.1 Å². The Kier molecular flexibility index (Phi) is 9.01. The molecule has 0 saturated carbocycles. The standard InChI is InChI=1S/C29H26NS.C14H16NSi.Ir/c1-19-18-30-26(15-22(19)17-29(2,3)4)25-12-8-11-24-23-14-13-21(16-27(23)31-28(24)25)20-9-6-5-7-10-20;1-16(2,3)13-9-10-14(15-11-13)12-7-5-4-6-8-12;/h5-11,13-16,18H,17H2,1-4H3;4-7,9-11H,1-3H3;/q2*-1;/i1D3,17D2;;. The average Bonchev–Trinajstić information content (AvgIpc) is 3.49.